The van der Waals surface area contributed by atoms with Crippen molar-refractivity contribution in [3.8, 4) is 5.75 Å². The number of imide groups is 1. The van der Waals surface area contributed by atoms with Crippen molar-refractivity contribution in [2.45, 2.75) is 25.4 Å². The van der Waals surface area contributed by atoms with Crippen molar-refractivity contribution in [1.29, 1.82) is 0 Å². The van der Waals surface area contributed by atoms with Crippen LogP contribution in [-0.2, 0) is 16.1 Å². The van der Waals surface area contributed by atoms with Crippen molar-refractivity contribution in [2.24, 2.45) is 5.73 Å². The second-order valence-corrected chi connectivity index (χ2v) is 6.97. The van der Waals surface area contributed by atoms with Gasteiger partial charge in [0.1, 0.15) is 5.75 Å². The summed E-state index contributed by atoms with van der Waals surface area (Å²) in [4.78, 5) is 27.7. The van der Waals surface area contributed by atoms with Crippen LogP contribution in [0.2, 0.25) is 0 Å². The molecule has 0 saturated carbocycles. The van der Waals surface area contributed by atoms with Gasteiger partial charge >= 0.3 is 0 Å². The molecule has 0 aliphatic heterocycles. The summed E-state index contributed by atoms with van der Waals surface area (Å²) >= 11 is 0. The molecule has 29 heavy (non-hydrogen) atoms. The van der Waals surface area contributed by atoms with Crippen LogP contribution in [0.1, 0.15) is 29.5 Å². The zero-order valence-electron chi connectivity index (χ0n) is 16.2. The molecule has 0 aliphatic rings. The molecular weight excluding hydrogens is 364 g/mol. The number of hydrogen-bond acceptors (Lipinski definition) is 4. The molecule has 0 saturated heterocycles. The Hall–Kier alpha value is -3.44. The highest BCUT2D eigenvalue weighted by Crippen LogP contribution is 2.28. The van der Waals surface area contributed by atoms with Crippen molar-refractivity contribution in [2.75, 3.05) is 0 Å². The SMILES string of the molecule is C[C@H](N)C(=O)N(Cc1ccc(O)cc1)C(=O)C(c1ccccc1)c1ccccc1. The van der Waals surface area contributed by atoms with E-state index in [4.69, 9.17) is 5.73 Å². The fourth-order valence-corrected chi connectivity index (χ4v) is 3.22. The molecule has 0 aliphatic carbocycles. The lowest BCUT2D eigenvalue weighted by molar-refractivity contribution is -0.146. The Kier molecular flexibility index (Phi) is 6.42. The summed E-state index contributed by atoms with van der Waals surface area (Å²) in [5, 5.41) is 9.52. The lowest BCUT2D eigenvalue weighted by atomic mass is 9.89. The summed E-state index contributed by atoms with van der Waals surface area (Å²) in [7, 11) is 0. The third-order valence-corrected chi connectivity index (χ3v) is 4.71. The quantitative estimate of drug-likeness (QED) is 0.678. The molecule has 0 heterocycles. The van der Waals surface area contributed by atoms with E-state index in [2.05, 4.69) is 0 Å². The molecule has 5 nitrogen and oxygen atoms in total. The van der Waals surface area contributed by atoms with Crippen LogP contribution in [-0.4, -0.2) is 27.9 Å². The largest absolute Gasteiger partial charge is 0.508 e. The zero-order chi connectivity index (χ0) is 20.8. The standard InChI is InChI=1S/C24H24N2O3/c1-17(25)23(28)26(16-18-12-14-21(27)15-13-18)24(29)22(19-8-4-2-5-9-19)20-10-6-3-7-11-20/h2-15,17,22,27H,16,25H2,1H3/t17-/m0/s1. The van der Waals surface area contributed by atoms with Gasteiger partial charge in [0.05, 0.1) is 18.5 Å². The molecule has 0 bridgehead atoms. The van der Waals surface area contributed by atoms with Crippen molar-refractivity contribution in [3.63, 3.8) is 0 Å². The van der Waals surface area contributed by atoms with Gasteiger partial charge in [-0.15, -0.1) is 0 Å². The van der Waals surface area contributed by atoms with Gasteiger partial charge in [-0.25, -0.2) is 0 Å². The molecule has 0 aromatic heterocycles. The van der Waals surface area contributed by atoms with Crippen molar-refractivity contribution in [3.05, 3.63) is 102 Å². The van der Waals surface area contributed by atoms with E-state index >= 15 is 0 Å². The van der Waals surface area contributed by atoms with Crippen LogP contribution in [0.5, 0.6) is 5.75 Å². The Morgan fingerprint density at radius 3 is 1.76 bits per heavy atom. The number of rotatable bonds is 6. The average molecular weight is 388 g/mol. The Morgan fingerprint density at radius 2 is 1.31 bits per heavy atom. The van der Waals surface area contributed by atoms with Crippen LogP contribution in [0.15, 0.2) is 84.9 Å². The number of phenolic OH excluding ortho intramolecular Hbond substituents is 1. The van der Waals surface area contributed by atoms with Gasteiger partial charge in [-0.05, 0) is 35.7 Å². The van der Waals surface area contributed by atoms with E-state index < -0.39 is 17.9 Å². The van der Waals surface area contributed by atoms with Crippen LogP contribution >= 0.6 is 0 Å². The summed E-state index contributed by atoms with van der Waals surface area (Å²) < 4.78 is 0. The van der Waals surface area contributed by atoms with Crippen molar-refractivity contribution in [1.82, 2.24) is 4.90 Å². The van der Waals surface area contributed by atoms with Gasteiger partial charge in [0.25, 0.3) is 0 Å². The van der Waals surface area contributed by atoms with Gasteiger partial charge in [-0.1, -0.05) is 72.8 Å². The Labute approximate surface area is 170 Å². The van der Waals surface area contributed by atoms with Crippen LogP contribution in [0.3, 0.4) is 0 Å². The molecule has 0 spiro atoms. The topological polar surface area (TPSA) is 83.6 Å². The van der Waals surface area contributed by atoms with Crippen molar-refractivity contribution < 1.29 is 14.7 Å². The van der Waals surface area contributed by atoms with Crippen LogP contribution in [0.25, 0.3) is 0 Å². The number of carbonyl (C=O) groups excluding carboxylic acids is 2. The molecule has 5 heteroatoms. The second-order valence-electron chi connectivity index (χ2n) is 6.97. The highest BCUT2D eigenvalue weighted by atomic mass is 16.3. The molecule has 3 N–H and O–H groups in total. The number of carbonyl (C=O) groups is 2. The first-order valence-electron chi connectivity index (χ1n) is 9.46. The van der Waals surface area contributed by atoms with E-state index in [0.717, 1.165) is 16.7 Å². The highest BCUT2D eigenvalue weighted by molar-refractivity contribution is 6.01. The van der Waals surface area contributed by atoms with E-state index in [-0.39, 0.29) is 18.2 Å². The van der Waals surface area contributed by atoms with Gasteiger partial charge in [-0.3, -0.25) is 14.5 Å². The number of nitrogens with two attached hydrogens (primary N) is 1. The smallest absolute Gasteiger partial charge is 0.246 e. The van der Waals surface area contributed by atoms with E-state index in [0.29, 0.717) is 0 Å². The Bertz CT molecular complexity index is 915. The van der Waals surface area contributed by atoms with Gasteiger partial charge in [0, 0.05) is 0 Å². The molecule has 2 amide bonds. The number of aromatic hydroxyl groups is 1. The molecular formula is C24H24N2O3. The van der Waals surface area contributed by atoms with E-state index in [1.807, 2.05) is 60.7 Å². The first kappa shape index (κ1) is 20.3. The number of phenols is 1. The predicted molar refractivity (Wildman–Crippen MR) is 112 cm³/mol. The van der Waals surface area contributed by atoms with E-state index in [1.54, 1.807) is 19.1 Å². The maximum absolute atomic E-state index is 13.7. The molecule has 0 radical (unpaired) electrons. The lowest BCUT2D eigenvalue weighted by Gasteiger charge is -2.28. The van der Waals surface area contributed by atoms with Crippen LogP contribution in [0, 0.1) is 0 Å². The zero-order valence-corrected chi connectivity index (χ0v) is 16.2. The Balaban J connectivity index is 2.02. The maximum atomic E-state index is 13.7. The van der Waals surface area contributed by atoms with Crippen LogP contribution < -0.4 is 5.73 Å². The molecule has 148 valence electrons. The monoisotopic (exact) mass is 388 g/mol. The van der Waals surface area contributed by atoms with Gasteiger partial charge in [-0.2, -0.15) is 0 Å². The lowest BCUT2D eigenvalue weighted by Crippen LogP contribution is -2.47. The van der Waals surface area contributed by atoms with E-state index in [9.17, 15) is 14.7 Å². The normalized spacial score (nSPS) is 11.8. The molecule has 0 fully saturated rings. The third kappa shape index (κ3) is 4.89. The van der Waals surface area contributed by atoms with Gasteiger partial charge in [0.2, 0.25) is 11.8 Å². The average Bonchev–Trinajstić information content (AvgIpc) is 2.74. The first-order chi connectivity index (χ1) is 14.0. The summed E-state index contributed by atoms with van der Waals surface area (Å²) in [5.74, 6) is -1.29. The number of amides is 2. The minimum Gasteiger partial charge on any atom is -0.508 e. The van der Waals surface area contributed by atoms with Crippen LogP contribution in [0.4, 0.5) is 0 Å². The molecule has 3 aromatic carbocycles. The summed E-state index contributed by atoms with van der Waals surface area (Å²) in [5.41, 5.74) is 8.18. The fourth-order valence-electron chi connectivity index (χ4n) is 3.22. The summed E-state index contributed by atoms with van der Waals surface area (Å²) in [6.07, 6.45) is 0. The molecule has 3 rings (SSSR count). The fraction of sp³-hybridized carbons (Fsp3) is 0.167. The number of nitrogens with zero attached hydrogens (tertiary/aromatic N) is 1. The molecule has 0 unspecified atom stereocenters. The van der Waals surface area contributed by atoms with Gasteiger partial charge < -0.3 is 10.8 Å². The summed E-state index contributed by atoms with van der Waals surface area (Å²) in [6, 6.07) is 24.4. The second kappa shape index (κ2) is 9.17. The van der Waals surface area contributed by atoms with E-state index in [1.165, 1.54) is 17.0 Å². The minimum atomic E-state index is -0.816. The van der Waals surface area contributed by atoms with Gasteiger partial charge in [0.15, 0.2) is 0 Å². The third-order valence-electron chi connectivity index (χ3n) is 4.71. The molecule has 1 atom stereocenters. The number of hydrogen-bond donors (Lipinski definition) is 2. The highest BCUT2D eigenvalue weighted by Gasteiger charge is 2.32. The Morgan fingerprint density at radius 1 is 0.828 bits per heavy atom. The minimum absolute atomic E-state index is 0.0790. The number of benzene rings is 3. The first-order valence-corrected chi connectivity index (χ1v) is 9.46. The predicted octanol–water partition coefficient (Wildman–Crippen LogP) is 3.43. The summed E-state index contributed by atoms with van der Waals surface area (Å²) in [6.45, 7) is 1.65. The van der Waals surface area contributed by atoms with Crippen molar-refractivity contribution >= 4 is 11.8 Å². The molecule has 3 aromatic rings. The maximum Gasteiger partial charge on any atom is 0.246 e.